The minimum Gasteiger partial charge on any atom is -0.508 e. The van der Waals surface area contributed by atoms with Crippen LogP contribution in [0.15, 0.2) is 36.5 Å². The SMILES string of the molecule is C#Cc1c(F)ccc2cc(O)cc(-c3cc4nc(OC)ncc4c(N4CCC(F)C4)n3)c12.CO.FC1CC2CCCN2C1. The van der Waals surface area contributed by atoms with E-state index >= 15 is 0 Å². The molecule has 5 heterocycles. The summed E-state index contributed by atoms with van der Waals surface area (Å²) >= 11 is 0. The number of ether oxygens (including phenoxy) is 1. The molecule has 3 fully saturated rings. The Bertz CT molecular complexity index is 1650. The molecule has 43 heavy (non-hydrogen) atoms. The summed E-state index contributed by atoms with van der Waals surface area (Å²) in [5.41, 5.74) is 1.46. The molecule has 3 unspecified atom stereocenters. The fraction of sp³-hybridized carbons (Fsp3) is 0.406. The second-order valence-corrected chi connectivity index (χ2v) is 10.7. The molecule has 0 aliphatic carbocycles. The van der Waals surface area contributed by atoms with Crippen LogP contribution in [0.4, 0.5) is 19.0 Å². The van der Waals surface area contributed by atoms with Crippen LogP contribution >= 0.6 is 0 Å². The molecule has 2 N–H and O–H groups in total. The van der Waals surface area contributed by atoms with Gasteiger partial charge in [0.15, 0.2) is 0 Å². The normalized spacial score (nSPS) is 21.1. The topological polar surface area (TPSA) is 94.8 Å². The largest absolute Gasteiger partial charge is 0.508 e. The van der Waals surface area contributed by atoms with Gasteiger partial charge in [-0.25, -0.2) is 23.1 Å². The van der Waals surface area contributed by atoms with Crippen molar-refractivity contribution in [1.82, 2.24) is 19.9 Å². The molecule has 8 nitrogen and oxygen atoms in total. The number of hydrogen-bond acceptors (Lipinski definition) is 8. The molecule has 3 aliphatic heterocycles. The molecule has 3 saturated heterocycles. The van der Waals surface area contributed by atoms with E-state index in [2.05, 4.69) is 20.8 Å². The Balaban J connectivity index is 0.000000281. The van der Waals surface area contributed by atoms with Crippen molar-refractivity contribution in [3.05, 3.63) is 47.9 Å². The number of benzene rings is 2. The van der Waals surface area contributed by atoms with Gasteiger partial charge in [0.2, 0.25) is 0 Å². The lowest BCUT2D eigenvalue weighted by molar-refractivity contribution is 0.292. The van der Waals surface area contributed by atoms with Crippen LogP contribution in [0.5, 0.6) is 11.8 Å². The molecule has 0 bridgehead atoms. The third-order valence-corrected chi connectivity index (χ3v) is 8.08. The van der Waals surface area contributed by atoms with E-state index in [-0.39, 0.29) is 23.9 Å². The van der Waals surface area contributed by atoms with E-state index in [0.717, 1.165) is 20.1 Å². The molecular formula is C32H34F3N5O3. The predicted octanol–water partition coefficient (Wildman–Crippen LogP) is 5.03. The predicted molar refractivity (Wildman–Crippen MR) is 160 cm³/mol. The van der Waals surface area contributed by atoms with Gasteiger partial charge in [-0.15, -0.1) is 6.42 Å². The monoisotopic (exact) mass is 593 g/mol. The third-order valence-electron chi connectivity index (χ3n) is 8.08. The summed E-state index contributed by atoms with van der Waals surface area (Å²) < 4.78 is 46.3. The van der Waals surface area contributed by atoms with Gasteiger partial charge < -0.3 is 19.8 Å². The van der Waals surface area contributed by atoms with E-state index in [1.54, 1.807) is 18.3 Å². The quantitative estimate of drug-likeness (QED) is 0.320. The number of anilines is 1. The van der Waals surface area contributed by atoms with Crippen LogP contribution in [0.3, 0.4) is 0 Å². The molecule has 2 aromatic heterocycles. The second-order valence-electron chi connectivity index (χ2n) is 10.7. The molecule has 4 aromatic rings. The van der Waals surface area contributed by atoms with E-state index in [0.29, 0.717) is 64.3 Å². The van der Waals surface area contributed by atoms with E-state index in [1.807, 2.05) is 4.90 Å². The fourth-order valence-electron chi connectivity index (χ4n) is 6.18. The van der Waals surface area contributed by atoms with Crippen molar-refractivity contribution in [3.63, 3.8) is 0 Å². The van der Waals surface area contributed by atoms with E-state index in [4.69, 9.17) is 21.3 Å². The number of phenolic OH excluding ortho intramolecular Hbond substituents is 1. The third kappa shape index (κ3) is 6.17. The Kier molecular flexibility index (Phi) is 9.18. The number of phenols is 1. The number of rotatable bonds is 3. The van der Waals surface area contributed by atoms with Gasteiger partial charge in [-0.1, -0.05) is 12.0 Å². The number of methoxy groups -OCH3 is 1. The lowest BCUT2D eigenvalue weighted by atomic mass is 9.96. The summed E-state index contributed by atoms with van der Waals surface area (Å²) in [6.45, 7) is 2.54. The van der Waals surface area contributed by atoms with Gasteiger partial charge in [0, 0.05) is 43.4 Å². The van der Waals surface area contributed by atoms with Gasteiger partial charge in [0.05, 0.1) is 35.8 Å². The lowest BCUT2D eigenvalue weighted by Gasteiger charge is -2.20. The number of aromatic nitrogens is 3. The summed E-state index contributed by atoms with van der Waals surface area (Å²) in [5, 5.41) is 19.0. The van der Waals surface area contributed by atoms with Crippen LogP contribution in [0.1, 0.15) is 31.2 Å². The Labute approximate surface area is 248 Å². The Hall–Kier alpha value is -4.14. The van der Waals surface area contributed by atoms with Crippen molar-refractivity contribution in [2.75, 3.05) is 45.3 Å². The maximum Gasteiger partial charge on any atom is 0.316 e. The summed E-state index contributed by atoms with van der Waals surface area (Å²) in [6, 6.07) is 8.30. The minimum absolute atomic E-state index is 0.0178. The number of pyridine rings is 1. The highest BCUT2D eigenvalue weighted by Gasteiger charge is 2.34. The van der Waals surface area contributed by atoms with E-state index in [1.165, 1.54) is 38.2 Å². The second kappa shape index (κ2) is 13.0. The van der Waals surface area contributed by atoms with Crippen molar-refractivity contribution in [1.29, 1.82) is 0 Å². The average Bonchev–Trinajstić information content (AvgIpc) is 3.74. The number of terminal acetylenes is 1. The van der Waals surface area contributed by atoms with Gasteiger partial charge >= 0.3 is 6.01 Å². The van der Waals surface area contributed by atoms with Crippen molar-refractivity contribution < 1.29 is 28.1 Å². The fourth-order valence-corrected chi connectivity index (χ4v) is 6.18. The van der Waals surface area contributed by atoms with Gasteiger partial charge in [-0.3, -0.25) is 4.90 Å². The van der Waals surface area contributed by atoms with Crippen LogP contribution in [0.2, 0.25) is 0 Å². The van der Waals surface area contributed by atoms with Crippen molar-refractivity contribution in [3.8, 4) is 35.4 Å². The molecule has 11 heteroatoms. The number of alkyl halides is 2. The molecule has 7 rings (SSSR count). The minimum atomic E-state index is -0.960. The van der Waals surface area contributed by atoms with E-state index < -0.39 is 18.2 Å². The zero-order valence-electron chi connectivity index (χ0n) is 24.1. The zero-order chi connectivity index (χ0) is 30.7. The van der Waals surface area contributed by atoms with Gasteiger partial charge in [0.1, 0.15) is 29.7 Å². The van der Waals surface area contributed by atoms with Crippen LogP contribution in [0.25, 0.3) is 32.9 Å². The summed E-state index contributed by atoms with van der Waals surface area (Å²) in [4.78, 5) is 17.5. The Morgan fingerprint density at radius 2 is 1.86 bits per heavy atom. The van der Waals surface area contributed by atoms with Gasteiger partial charge in [0.25, 0.3) is 0 Å². The first-order valence-electron chi connectivity index (χ1n) is 14.2. The highest BCUT2D eigenvalue weighted by atomic mass is 19.1. The first kappa shape index (κ1) is 30.3. The molecule has 0 saturated carbocycles. The zero-order valence-corrected chi connectivity index (χ0v) is 24.1. The van der Waals surface area contributed by atoms with Crippen LogP contribution < -0.4 is 9.64 Å². The Morgan fingerprint density at radius 1 is 1.05 bits per heavy atom. The van der Waals surface area contributed by atoms with Gasteiger partial charge in [-0.2, -0.15) is 4.98 Å². The highest BCUT2D eigenvalue weighted by Crippen LogP contribution is 2.38. The van der Waals surface area contributed by atoms with Crippen LogP contribution in [0, 0.1) is 18.2 Å². The number of fused-ring (bicyclic) bond motifs is 3. The molecule has 226 valence electrons. The van der Waals surface area contributed by atoms with Crippen LogP contribution in [-0.2, 0) is 0 Å². The van der Waals surface area contributed by atoms with Crippen LogP contribution in [-0.4, -0.2) is 88.8 Å². The molecule has 3 aliphatic rings. The van der Waals surface area contributed by atoms with Crippen molar-refractivity contribution in [2.45, 2.75) is 44.1 Å². The molecular weight excluding hydrogens is 559 g/mol. The first-order valence-corrected chi connectivity index (χ1v) is 14.2. The average molecular weight is 594 g/mol. The van der Waals surface area contributed by atoms with Gasteiger partial charge in [-0.05, 0) is 61.9 Å². The molecule has 0 radical (unpaired) electrons. The highest BCUT2D eigenvalue weighted by molar-refractivity contribution is 6.03. The first-order chi connectivity index (χ1) is 20.8. The number of nitrogens with zero attached hydrogens (tertiary/aromatic N) is 5. The maximum absolute atomic E-state index is 14.5. The molecule has 0 amide bonds. The van der Waals surface area contributed by atoms with Crippen molar-refractivity contribution >= 4 is 27.5 Å². The molecule has 3 atom stereocenters. The van der Waals surface area contributed by atoms with E-state index in [9.17, 15) is 18.3 Å². The number of halogens is 3. The smallest absolute Gasteiger partial charge is 0.316 e. The summed E-state index contributed by atoms with van der Waals surface area (Å²) in [5.74, 6) is 2.36. The number of hydrogen-bond donors (Lipinski definition) is 2. The number of aromatic hydroxyl groups is 1. The lowest BCUT2D eigenvalue weighted by Crippen LogP contribution is -2.22. The molecule has 2 aromatic carbocycles. The molecule has 0 spiro atoms. The Morgan fingerprint density at radius 3 is 2.56 bits per heavy atom. The number of aliphatic hydroxyl groups is 1. The van der Waals surface area contributed by atoms with Crippen molar-refractivity contribution in [2.24, 2.45) is 0 Å². The standard InChI is InChI=1S/C24H18F2N4O2.C7H12FN.CH4O/c1-3-16-19(26)5-4-13-8-15(31)9-17(22(13)16)20-10-21-18(11-27-24(29-21)32-2)23(28-20)30-7-6-14(25)12-30;8-6-4-7-2-1-3-9(7)5-6;1-2/h1,4-5,8-11,14,31H,6-7,12H2,2H3;6-7H,1-5H2;2H,1H3. The summed E-state index contributed by atoms with van der Waals surface area (Å²) in [7, 11) is 2.46. The number of aliphatic hydroxyl groups excluding tert-OH is 1. The summed E-state index contributed by atoms with van der Waals surface area (Å²) in [6.07, 6.45) is 9.45. The maximum atomic E-state index is 14.5.